The van der Waals surface area contributed by atoms with Gasteiger partial charge >= 0.3 is 5.97 Å². The second-order valence-electron chi connectivity index (χ2n) is 8.43. The number of allylic oxidation sites excluding steroid dienone is 1. The van der Waals surface area contributed by atoms with Gasteiger partial charge in [-0.3, -0.25) is 4.79 Å². The molecular weight excluding hydrogens is 314 g/mol. The molecule has 0 spiro atoms. The van der Waals surface area contributed by atoms with E-state index in [-0.39, 0.29) is 23.4 Å². The second-order valence-corrected chi connectivity index (χ2v) is 8.43. The van der Waals surface area contributed by atoms with Crippen LogP contribution in [-0.4, -0.2) is 35.1 Å². The molecule has 2 heterocycles. The Bertz CT molecular complexity index is 641. The van der Waals surface area contributed by atoms with Gasteiger partial charge in [-0.2, -0.15) is 0 Å². The zero-order valence-corrected chi connectivity index (χ0v) is 15.1. The highest BCUT2D eigenvalue weighted by Crippen LogP contribution is 2.56. The van der Waals surface area contributed by atoms with Gasteiger partial charge in [-0.1, -0.05) is 19.1 Å². The number of esters is 1. The number of hydrogen-bond acceptors (Lipinski definition) is 4. The number of rotatable bonds is 5. The SMILES string of the molecule is C=C1CCC[C@]2(C)C[C@H]3OC(=O)[C@H](CNCCc4cnc[nH]4)[C@H]3C[C@H]12. The van der Waals surface area contributed by atoms with Crippen LogP contribution in [-0.2, 0) is 16.0 Å². The molecule has 5 atom stereocenters. The maximum absolute atomic E-state index is 12.5. The van der Waals surface area contributed by atoms with E-state index in [1.54, 1.807) is 6.33 Å². The summed E-state index contributed by atoms with van der Waals surface area (Å²) in [5.41, 5.74) is 2.79. The average molecular weight is 343 g/mol. The predicted octanol–water partition coefficient (Wildman–Crippen LogP) is 2.86. The zero-order valence-electron chi connectivity index (χ0n) is 15.1. The summed E-state index contributed by atoms with van der Waals surface area (Å²) in [5, 5.41) is 3.45. The fraction of sp³-hybridized carbons (Fsp3) is 0.700. The van der Waals surface area contributed by atoms with Crippen molar-refractivity contribution in [2.75, 3.05) is 13.1 Å². The number of aromatic amines is 1. The normalized spacial score (nSPS) is 37.5. The standard InChI is InChI=1S/C20H29N3O2/c1-13-4-3-6-20(2)9-18-15(8-17(13)20)16(19(24)25-18)11-21-7-5-14-10-22-12-23-14/h10,12,15-18,21H,1,3-9,11H2,2H3,(H,22,23)/t15-,16-,17-,18-,20-/m1/s1. The lowest BCUT2D eigenvalue weighted by Crippen LogP contribution is -2.45. The van der Waals surface area contributed by atoms with Crippen LogP contribution in [0.1, 0.15) is 44.7 Å². The van der Waals surface area contributed by atoms with Crippen molar-refractivity contribution in [2.45, 2.75) is 51.6 Å². The summed E-state index contributed by atoms with van der Waals surface area (Å²) in [5.74, 6) is 0.896. The largest absolute Gasteiger partial charge is 0.462 e. The number of nitrogens with one attached hydrogen (secondary N) is 2. The number of hydrogen-bond donors (Lipinski definition) is 2. The quantitative estimate of drug-likeness (QED) is 0.490. The molecule has 1 aliphatic heterocycles. The van der Waals surface area contributed by atoms with Crippen molar-refractivity contribution in [3.63, 3.8) is 0 Å². The third kappa shape index (κ3) is 3.14. The molecule has 136 valence electrons. The Labute approximate surface area is 149 Å². The number of carbonyl (C=O) groups is 1. The van der Waals surface area contributed by atoms with Crippen LogP contribution in [0.2, 0.25) is 0 Å². The molecular formula is C20H29N3O2. The van der Waals surface area contributed by atoms with E-state index in [1.165, 1.54) is 18.4 Å². The summed E-state index contributed by atoms with van der Waals surface area (Å²) >= 11 is 0. The highest BCUT2D eigenvalue weighted by atomic mass is 16.6. The Morgan fingerprint density at radius 3 is 3.20 bits per heavy atom. The van der Waals surface area contributed by atoms with Crippen LogP contribution in [0.3, 0.4) is 0 Å². The summed E-state index contributed by atoms with van der Waals surface area (Å²) in [6.45, 7) is 8.29. The number of ether oxygens (including phenoxy) is 1. The minimum Gasteiger partial charge on any atom is -0.462 e. The van der Waals surface area contributed by atoms with Crippen LogP contribution in [0.15, 0.2) is 24.7 Å². The summed E-state index contributed by atoms with van der Waals surface area (Å²) in [6.07, 6.45) is 10.3. The molecule has 0 unspecified atom stereocenters. The molecule has 3 aliphatic rings. The first-order chi connectivity index (χ1) is 12.1. The van der Waals surface area contributed by atoms with Gasteiger partial charge in [0.25, 0.3) is 0 Å². The van der Waals surface area contributed by atoms with Crippen molar-refractivity contribution in [1.29, 1.82) is 0 Å². The second kappa shape index (κ2) is 6.60. The molecule has 0 amide bonds. The average Bonchev–Trinajstić information content (AvgIpc) is 3.17. The molecule has 1 aromatic heterocycles. The fourth-order valence-corrected chi connectivity index (χ4v) is 5.39. The Morgan fingerprint density at radius 1 is 1.52 bits per heavy atom. The van der Waals surface area contributed by atoms with Crippen molar-refractivity contribution in [3.05, 3.63) is 30.4 Å². The minimum absolute atomic E-state index is 0.00287. The monoisotopic (exact) mass is 343 g/mol. The minimum atomic E-state index is -0.00829. The number of aromatic nitrogens is 2. The fourth-order valence-electron chi connectivity index (χ4n) is 5.39. The predicted molar refractivity (Wildman–Crippen MR) is 95.8 cm³/mol. The highest BCUT2D eigenvalue weighted by Gasteiger charge is 2.54. The Kier molecular flexibility index (Phi) is 4.44. The maximum atomic E-state index is 12.5. The van der Waals surface area contributed by atoms with E-state index in [9.17, 15) is 4.79 Å². The molecule has 5 nitrogen and oxygen atoms in total. The number of imidazole rings is 1. The molecule has 0 aromatic carbocycles. The lowest BCUT2D eigenvalue weighted by molar-refractivity contribution is -0.146. The summed E-state index contributed by atoms with van der Waals surface area (Å²) in [4.78, 5) is 19.6. The molecule has 5 heteroatoms. The lowest BCUT2D eigenvalue weighted by atomic mass is 9.55. The summed E-state index contributed by atoms with van der Waals surface area (Å²) in [6, 6.07) is 0. The van der Waals surface area contributed by atoms with Crippen LogP contribution in [0, 0.1) is 23.2 Å². The molecule has 0 radical (unpaired) electrons. The Balaban J connectivity index is 1.37. The van der Waals surface area contributed by atoms with E-state index in [0.717, 1.165) is 37.9 Å². The van der Waals surface area contributed by atoms with Gasteiger partial charge in [0.05, 0.1) is 12.2 Å². The smallest absolute Gasteiger partial charge is 0.310 e. The molecule has 1 aromatic rings. The van der Waals surface area contributed by atoms with Gasteiger partial charge in [-0.25, -0.2) is 4.98 Å². The van der Waals surface area contributed by atoms with Gasteiger partial charge in [-0.05, 0) is 43.4 Å². The van der Waals surface area contributed by atoms with Crippen molar-refractivity contribution in [2.24, 2.45) is 23.2 Å². The molecule has 3 fully saturated rings. The summed E-state index contributed by atoms with van der Waals surface area (Å²) in [7, 11) is 0. The molecule has 2 saturated carbocycles. The molecule has 1 saturated heterocycles. The third-order valence-corrected chi connectivity index (χ3v) is 6.81. The number of fused-ring (bicyclic) bond motifs is 2. The van der Waals surface area contributed by atoms with E-state index in [4.69, 9.17) is 4.74 Å². The van der Waals surface area contributed by atoms with Crippen molar-refractivity contribution < 1.29 is 9.53 Å². The maximum Gasteiger partial charge on any atom is 0.310 e. The van der Waals surface area contributed by atoms with Gasteiger partial charge in [-0.15, -0.1) is 0 Å². The number of nitrogens with zero attached hydrogens (tertiary/aromatic N) is 1. The lowest BCUT2D eigenvalue weighted by Gasteiger charge is -2.50. The molecule has 4 rings (SSSR count). The van der Waals surface area contributed by atoms with Gasteiger partial charge in [0.1, 0.15) is 6.10 Å². The highest BCUT2D eigenvalue weighted by molar-refractivity contribution is 5.75. The van der Waals surface area contributed by atoms with E-state index in [2.05, 4.69) is 28.8 Å². The van der Waals surface area contributed by atoms with Crippen LogP contribution >= 0.6 is 0 Å². The first-order valence-corrected chi connectivity index (χ1v) is 9.63. The van der Waals surface area contributed by atoms with E-state index in [1.807, 2.05) is 6.20 Å². The molecule has 0 bridgehead atoms. The van der Waals surface area contributed by atoms with Crippen LogP contribution in [0.25, 0.3) is 0 Å². The van der Waals surface area contributed by atoms with Gasteiger partial charge in [0.2, 0.25) is 0 Å². The van der Waals surface area contributed by atoms with Gasteiger partial charge < -0.3 is 15.0 Å². The van der Waals surface area contributed by atoms with E-state index >= 15 is 0 Å². The number of carbonyl (C=O) groups excluding carboxylic acids is 1. The third-order valence-electron chi connectivity index (χ3n) is 6.81. The molecule has 2 aliphatic carbocycles. The zero-order chi connectivity index (χ0) is 17.4. The van der Waals surface area contributed by atoms with Crippen molar-refractivity contribution in [3.8, 4) is 0 Å². The van der Waals surface area contributed by atoms with Crippen LogP contribution in [0.4, 0.5) is 0 Å². The molecule has 25 heavy (non-hydrogen) atoms. The number of H-pyrrole nitrogens is 1. The Morgan fingerprint density at radius 2 is 2.40 bits per heavy atom. The first-order valence-electron chi connectivity index (χ1n) is 9.63. The summed E-state index contributed by atoms with van der Waals surface area (Å²) < 4.78 is 5.81. The van der Waals surface area contributed by atoms with Crippen LogP contribution in [0.5, 0.6) is 0 Å². The topological polar surface area (TPSA) is 67.0 Å². The molecule has 2 N–H and O–H groups in total. The van der Waals surface area contributed by atoms with E-state index < -0.39 is 0 Å². The Hall–Kier alpha value is -1.62. The van der Waals surface area contributed by atoms with Gasteiger partial charge in [0.15, 0.2) is 0 Å². The van der Waals surface area contributed by atoms with Crippen LogP contribution < -0.4 is 5.32 Å². The van der Waals surface area contributed by atoms with Crippen molar-refractivity contribution in [1.82, 2.24) is 15.3 Å². The van der Waals surface area contributed by atoms with Gasteiger partial charge in [0, 0.05) is 37.3 Å². The van der Waals surface area contributed by atoms with E-state index in [0.29, 0.717) is 18.4 Å². The first kappa shape index (κ1) is 16.8. The van der Waals surface area contributed by atoms with Crippen molar-refractivity contribution >= 4 is 5.97 Å².